The first kappa shape index (κ1) is 16.3. The minimum atomic E-state index is 0.214. The van der Waals surface area contributed by atoms with Crippen LogP contribution in [0.5, 0.6) is 0 Å². The van der Waals surface area contributed by atoms with Gasteiger partial charge in [0.1, 0.15) is 0 Å². The zero-order valence-electron chi connectivity index (χ0n) is 15.4. The number of anilines is 1. The standard InChI is InChI=1S/C21H22N4O2/c1-14-5-2-3-8-18(14)17-9-10-23(13-17)21-22-25(27)20-12-16-7-4-6-15(16)11-19(20)24(21)26/h2-3,5,8,11-12,17H,4,6-7,9-10,13H2,1H3. The third-order valence-electron chi connectivity index (χ3n) is 6.08. The van der Waals surface area contributed by atoms with Gasteiger partial charge >= 0.3 is 5.95 Å². The third kappa shape index (κ3) is 2.59. The molecule has 1 aliphatic carbocycles. The Labute approximate surface area is 157 Å². The molecule has 1 aromatic heterocycles. The van der Waals surface area contributed by atoms with E-state index in [4.69, 9.17) is 0 Å². The van der Waals surface area contributed by atoms with Crippen LogP contribution in [0, 0.1) is 17.3 Å². The zero-order chi connectivity index (χ0) is 18.5. The Bertz CT molecular complexity index is 1050. The molecular weight excluding hydrogens is 340 g/mol. The second kappa shape index (κ2) is 6.08. The summed E-state index contributed by atoms with van der Waals surface area (Å²) in [4.78, 5) is 2.57. The van der Waals surface area contributed by atoms with Gasteiger partial charge in [0, 0.05) is 16.8 Å². The lowest BCUT2D eigenvalue weighted by atomic mass is 9.94. The Balaban J connectivity index is 1.53. The molecule has 2 aromatic carbocycles. The fraction of sp³-hybridized carbons (Fsp3) is 0.381. The molecule has 1 fully saturated rings. The maximum atomic E-state index is 13.0. The summed E-state index contributed by atoms with van der Waals surface area (Å²) < 4.78 is 0.850. The summed E-state index contributed by atoms with van der Waals surface area (Å²) in [6.07, 6.45) is 3.97. The topological polar surface area (TPSA) is 70.0 Å². The maximum Gasteiger partial charge on any atom is 0.463 e. The van der Waals surface area contributed by atoms with E-state index in [0.29, 0.717) is 28.3 Å². The average Bonchev–Trinajstić information content (AvgIpc) is 3.33. The first-order valence-corrected chi connectivity index (χ1v) is 9.61. The van der Waals surface area contributed by atoms with Crippen LogP contribution in [0.4, 0.5) is 5.95 Å². The maximum absolute atomic E-state index is 13.0. The number of nitrogens with zero attached hydrogens (tertiary/aromatic N) is 4. The lowest BCUT2D eigenvalue weighted by Gasteiger charge is -2.17. The molecule has 3 aromatic rings. The van der Waals surface area contributed by atoms with Gasteiger partial charge in [-0.3, -0.25) is 4.90 Å². The SMILES string of the molecule is Cc1ccccc1C1CCN(c2n[n+]([O-])c3cc4c(cc3[n+]2[O-])CCC4)C1. The lowest BCUT2D eigenvalue weighted by Crippen LogP contribution is -2.47. The van der Waals surface area contributed by atoms with E-state index < -0.39 is 0 Å². The van der Waals surface area contributed by atoms with Crippen LogP contribution in [0.1, 0.15) is 41.0 Å². The zero-order valence-corrected chi connectivity index (χ0v) is 15.4. The Morgan fingerprint density at radius 1 is 1.07 bits per heavy atom. The molecule has 6 nitrogen and oxygen atoms in total. The van der Waals surface area contributed by atoms with E-state index >= 15 is 0 Å². The highest BCUT2D eigenvalue weighted by molar-refractivity contribution is 5.71. The highest BCUT2D eigenvalue weighted by atomic mass is 16.5. The van der Waals surface area contributed by atoms with Crippen molar-refractivity contribution in [2.45, 2.75) is 38.5 Å². The number of fused-ring (bicyclic) bond motifs is 2. The molecule has 1 unspecified atom stereocenters. The smallest absolute Gasteiger partial charge is 0.463 e. The highest BCUT2D eigenvalue weighted by Crippen LogP contribution is 2.31. The van der Waals surface area contributed by atoms with E-state index in [-0.39, 0.29) is 5.95 Å². The molecule has 6 heteroatoms. The van der Waals surface area contributed by atoms with Crippen molar-refractivity contribution in [3.05, 3.63) is 69.1 Å². The number of rotatable bonds is 2. The second-order valence-electron chi connectivity index (χ2n) is 7.72. The van der Waals surface area contributed by atoms with Crippen molar-refractivity contribution in [2.24, 2.45) is 0 Å². The molecule has 2 aliphatic rings. The normalized spacial score (nSPS) is 19.0. The van der Waals surface area contributed by atoms with Crippen molar-refractivity contribution in [2.75, 3.05) is 18.0 Å². The molecule has 0 N–H and O–H groups in total. The van der Waals surface area contributed by atoms with E-state index in [2.05, 4.69) is 30.2 Å². The first-order valence-electron chi connectivity index (χ1n) is 9.61. The van der Waals surface area contributed by atoms with Crippen LogP contribution < -0.4 is 14.5 Å². The predicted molar refractivity (Wildman–Crippen MR) is 102 cm³/mol. The summed E-state index contributed by atoms with van der Waals surface area (Å²) in [6.45, 7) is 3.55. The Hall–Kier alpha value is -2.89. The van der Waals surface area contributed by atoms with Gasteiger partial charge in [-0.25, -0.2) is 4.73 Å². The first-order chi connectivity index (χ1) is 13.1. The lowest BCUT2D eigenvalue weighted by molar-refractivity contribution is -0.673. The minimum absolute atomic E-state index is 0.214. The van der Waals surface area contributed by atoms with E-state index in [9.17, 15) is 10.4 Å². The van der Waals surface area contributed by atoms with E-state index in [1.807, 2.05) is 23.1 Å². The van der Waals surface area contributed by atoms with Crippen molar-refractivity contribution in [1.29, 1.82) is 0 Å². The Morgan fingerprint density at radius 2 is 1.81 bits per heavy atom. The average molecular weight is 362 g/mol. The van der Waals surface area contributed by atoms with Crippen molar-refractivity contribution in [3.63, 3.8) is 0 Å². The molecule has 1 atom stereocenters. The van der Waals surface area contributed by atoms with Crippen molar-refractivity contribution < 1.29 is 9.58 Å². The molecule has 0 radical (unpaired) electrons. The molecule has 27 heavy (non-hydrogen) atoms. The van der Waals surface area contributed by atoms with Gasteiger partial charge in [0.15, 0.2) is 5.52 Å². The van der Waals surface area contributed by atoms with Gasteiger partial charge in [0.05, 0.1) is 13.1 Å². The van der Waals surface area contributed by atoms with Crippen LogP contribution in [0.2, 0.25) is 0 Å². The molecule has 1 aliphatic heterocycles. The Morgan fingerprint density at radius 3 is 2.59 bits per heavy atom. The number of hydrogen-bond acceptors (Lipinski definition) is 4. The molecule has 1 saturated heterocycles. The molecule has 0 bridgehead atoms. The van der Waals surface area contributed by atoms with E-state index in [1.54, 1.807) is 0 Å². The summed E-state index contributed by atoms with van der Waals surface area (Å²) in [7, 11) is 0. The summed E-state index contributed by atoms with van der Waals surface area (Å²) in [6, 6.07) is 12.1. The van der Waals surface area contributed by atoms with Crippen LogP contribution >= 0.6 is 0 Å². The van der Waals surface area contributed by atoms with Crippen LogP contribution in [0.3, 0.4) is 0 Å². The van der Waals surface area contributed by atoms with Gasteiger partial charge in [-0.2, -0.15) is 0 Å². The molecule has 0 spiro atoms. The van der Waals surface area contributed by atoms with Crippen molar-refractivity contribution >= 4 is 17.0 Å². The molecule has 0 saturated carbocycles. The van der Waals surface area contributed by atoms with Gasteiger partial charge in [-0.05, 0) is 60.9 Å². The number of aryl methyl sites for hydroxylation is 3. The Kier molecular flexibility index (Phi) is 3.67. The van der Waals surface area contributed by atoms with Gasteiger partial charge in [0.25, 0.3) is 5.52 Å². The number of benzene rings is 2. The van der Waals surface area contributed by atoms with Gasteiger partial charge in [0.2, 0.25) is 5.10 Å². The monoisotopic (exact) mass is 362 g/mol. The molecule has 138 valence electrons. The minimum Gasteiger partial charge on any atom is -0.739 e. The van der Waals surface area contributed by atoms with Crippen LogP contribution in [0.25, 0.3) is 11.0 Å². The van der Waals surface area contributed by atoms with Gasteiger partial charge in [-0.15, -0.1) is 0 Å². The summed E-state index contributed by atoms with van der Waals surface area (Å²) in [5, 5.41) is 29.7. The quantitative estimate of drug-likeness (QED) is 0.518. The molecule has 2 heterocycles. The van der Waals surface area contributed by atoms with Crippen LogP contribution in [-0.4, -0.2) is 18.2 Å². The fourth-order valence-corrected chi connectivity index (χ4v) is 4.63. The molecular formula is C21H22N4O2. The highest BCUT2D eigenvalue weighted by Gasteiger charge is 2.35. The van der Waals surface area contributed by atoms with Crippen molar-refractivity contribution in [3.8, 4) is 0 Å². The van der Waals surface area contributed by atoms with Crippen LogP contribution in [-0.2, 0) is 12.8 Å². The van der Waals surface area contributed by atoms with E-state index in [0.717, 1.165) is 37.0 Å². The largest absolute Gasteiger partial charge is 0.739 e. The second-order valence-corrected chi connectivity index (χ2v) is 7.72. The molecule has 5 rings (SSSR count). The van der Waals surface area contributed by atoms with E-state index in [1.165, 1.54) is 22.3 Å². The predicted octanol–water partition coefficient (Wildman–Crippen LogP) is 2.29. The fourth-order valence-electron chi connectivity index (χ4n) is 4.63. The molecule has 0 amide bonds. The van der Waals surface area contributed by atoms with Crippen molar-refractivity contribution in [1.82, 2.24) is 5.10 Å². The summed E-state index contributed by atoms with van der Waals surface area (Å²) in [5.41, 5.74) is 5.72. The van der Waals surface area contributed by atoms with Crippen LogP contribution in [0.15, 0.2) is 36.4 Å². The summed E-state index contributed by atoms with van der Waals surface area (Å²) >= 11 is 0. The number of hydrogen-bond donors (Lipinski definition) is 0. The van der Waals surface area contributed by atoms with Gasteiger partial charge < -0.3 is 10.4 Å². The number of aromatic nitrogens is 3. The third-order valence-corrected chi connectivity index (χ3v) is 6.08. The summed E-state index contributed by atoms with van der Waals surface area (Å²) in [5.74, 6) is 0.565. The van der Waals surface area contributed by atoms with Gasteiger partial charge in [-0.1, -0.05) is 24.3 Å².